The highest BCUT2D eigenvalue weighted by molar-refractivity contribution is 5.75. The fourth-order valence-electron chi connectivity index (χ4n) is 1.57. The maximum absolute atomic E-state index is 11.1. The molecule has 0 aliphatic carbocycles. The maximum atomic E-state index is 11.1. The molecule has 0 saturated heterocycles. The third kappa shape index (κ3) is 11.1. The molecule has 0 aromatic rings. The summed E-state index contributed by atoms with van der Waals surface area (Å²) in [5.74, 6) is 0.198. The largest absolute Gasteiger partial charge is 0.356 e. The van der Waals surface area contributed by atoms with Gasteiger partial charge in [0.05, 0.1) is 0 Å². The van der Waals surface area contributed by atoms with Crippen LogP contribution in [0.1, 0.15) is 58.3 Å². The molecule has 0 rings (SSSR count). The van der Waals surface area contributed by atoms with E-state index in [0.29, 0.717) is 6.42 Å². The van der Waals surface area contributed by atoms with E-state index < -0.39 is 0 Å². The number of carbonyl (C=O) groups is 1. The average molecular weight is 211 g/mol. The van der Waals surface area contributed by atoms with Crippen LogP contribution >= 0.6 is 0 Å². The van der Waals surface area contributed by atoms with Crippen molar-refractivity contribution in [2.24, 2.45) is 0 Å². The molecule has 2 heteroatoms. The Morgan fingerprint density at radius 1 is 1.13 bits per heavy atom. The Morgan fingerprint density at radius 2 is 1.73 bits per heavy atom. The molecule has 15 heavy (non-hydrogen) atoms. The van der Waals surface area contributed by atoms with E-state index in [1.54, 1.807) is 0 Å². The van der Waals surface area contributed by atoms with E-state index in [1.807, 2.05) is 13.0 Å². The highest BCUT2D eigenvalue weighted by Crippen LogP contribution is 2.08. The maximum Gasteiger partial charge on any atom is 0.219 e. The van der Waals surface area contributed by atoms with Crippen molar-refractivity contribution < 1.29 is 4.79 Å². The Balaban J connectivity index is 3.04. The van der Waals surface area contributed by atoms with Crippen molar-refractivity contribution in [3.63, 3.8) is 0 Å². The Labute approximate surface area is 94.1 Å². The topological polar surface area (TPSA) is 29.1 Å². The Kier molecular flexibility index (Phi) is 10.7. The first kappa shape index (κ1) is 14.2. The van der Waals surface area contributed by atoms with Crippen LogP contribution in [0.5, 0.6) is 0 Å². The minimum Gasteiger partial charge on any atom is -0.356 e. The second kappa shape index (κ2) is 11.3. The predicted octanol–water partition coefficient (Wildman–Crippen LogP) is 3.43. The highest BCUT2D eigenvalue weighted by Gasteiger charge is 1.98. The number of allylic oxidation sites excluding steroid dienone is 1. The molecule has 0 aromatic heterocycles. The highest BCUT2D eigenvalue weighted by atomic mass is 16.1. The normalized spacial score (nSPS) is 9.93. The second-order valence-electron chi connectivity index (χ2n) is 3.90. The van der Waals surface area contributed by atoms with Crippen molar-refractivity contribution in [2.45, 2.75) is 58.3 Å². The molecule has 88 valence electrons. The SMILES string of the molecule is C=CCCCCCCCCC(=O)NCC. The second-order valence-corrected chi connectivity index (χ2v) is 3.90. The quantitative estimate of drug-likeness (QED) is 0.435. The first-order valence-corrected chi connectivity index (χ1v) is 6.18. The van der Waals surface area contributed by atoms with E-state index in [-0.39, 0.29) is 5.91 Å². The van der Waals surface area contributed by atoms with Gasteiger partial charge in [-0.05, 0) is 26.2 Å². The van der Waals surface area contributed by atoms with Gasteiger partial charge in [0.1, 0.15) is 0 Å². The summed E-state index contributed by atoms with van der Waals surface area (Å²) in [4.78, 5) is 11.1. The number of rotatable bonds is 10. The van der Waals surface area contributed by atoms with Crippen LogP contribution in [0.3, 0.4) is 0 Å². The van der Waals surface area contributed by atoms with Gasteiger partial charge in [0.25, 0.3) is 0 Å². The lowest BCUT2D eigenvalue weighted by Gasteiger charge is -2.02. The summed E-state index contributed by atoms with van der Waals surface area (Å²) < 4.78 is 0. The first-order valence-electron chi connectivity index (χ1n) is 6.18. The van der Waals surface area contributed by atoms with Crippen LogP contribution < -0.4 is 5.32 Å². The van der Waals surface area contributed by atoms with Crippen molar-refractivity contribution in [3.8, 4) is 0 Å². The van der Waals surface area contributed by atoms with E-state index in [1.165, 1.54) is 32.1 Å². The third-order valence-electron chi connectivity index (χ3n) is 2.44. The lowest BCUT2D eigenvalue weighted by atomic mass is 10.1. The van der Waals surface area contributed by atoms with Gasteiger partial charge < -0.3 is 5.32 Å². The first-order chi connectivity index (χ1) is 7.31. The summed E-state index contributed by atoms with van der Waals surface area (Å²) in [5.41, 5.74) is 0. The monoisotopic (exact) mass is 211 g/mol. The molecule has 0 aromatic carbocycles. The van der Waals surface area contributed by atoms with E-state index in [0.717, 1.165) is 19.4 Å². The number of amides is 1. The molecule has 0 saturated carbocycles. The Hall–Kier alpha value is -0.790. The molecule has 0 aliphatic heterocycles. The van der Waals surface area contributed by atoms with E-state index in [2.05, 4.69) is 11.9 Å². The number of hydrogen-bond acceptors (Lipinski definition) is 1. The van der Waals surface area contributed by atoms with Crippen molar-refractivity contribution in [3.05, 3.63) is 12.7 Å². The molecular formula is C13H25NO. The van der Waals surface area contributed by atoms with Gasteiger partial charge in [0, 0.05) is 13.0 Å². The number of nitrogens with one attached hydrogen (secondary N) is 1. The minimum absolute atomic E-state index is 0.198. The van der Waals surface area contributed by atoms with Crippen molar-refractivity contribution >= 4 is 5.91 Å². The van der Waals surface area contributed by atoms with Gasteiger partial charge in [-0.25, -0.2) is 0 Å². The van der Waals surface area contributed by atoms with E-state index >= 15 is 0 Å². The zero-order valence-corrected chi connectivity index (χ0v) is 10.1. The molecule has 0 unspecified atom stereocenters. The van der Waals surface area contributed by atoms with Gasteiger partial charge in [-0.1, -0.05) is 31.8 Å². The van der Waals surface area contributed by atoms with Gasteiger partial charge in [-0.3, -0.25) is 4.79 Å². The standard InChI is InChI=1S/C13H25NO/c1-3-5-6-7-8-9-10-11-12-13(15)14-4-2/h3H,1,4-12H2,2H3,(H,14,15). The smallest absolute Gasteiger partial charge is 0.219 e. The molecule has 0 spiro atoms. The molecular weight excluding hydrogens is 186 g/mol. The van der Waals surface area contributed by atoms with Crippen molar-refractivity contribution in [1.82, 2.24) is 5.32 Å². The summed E-state index contributed by atoms with van der Waals surface area (Å²) in [6, 6.07) is 0. The van der Waals surface area contributed by atoms with Crippen LogP contribution in [0, 0.1) is 0 Å². The van der Waals surface area contributed by atoms with Gasteiger partial charge in [-0.2, -0.15) is 0 Å². The lowest BCUT2D eigenvalue weighted by molar-refractivity contribution is -0.121. The van der Waals surface area contributed by atoms with Crippen LogP contribution in [-0.4, -0.2) is 12.5 Å². The molecule has 0 radical (unpaired) electrons. The van der Waals surface area contributed by atoms with E-state index in [9.17, 15) is 4.79 Å². The summed E-state index contributed by atoms with van der Waals surface area (Å²) in [6.07, 6.45) is 11.2. The molecule has 2 nitrogen and oxygen atoms in total. The van der Waals surface area contributed by atoms with Gasteiger partial charge in [0.2, 0.25) is 5.91 Å². The fourth-order valence-corrected chi connectivity index (χ4v) is 1.57. The van der Waals surface area contributed by atoms with Gasteiger partial charge >= 0.3 is 0 Å². The number of unbranched alkanes of at least 4 members (excludes halogenated alkanes) is 6. The molecule has 1 N–H and O–H groups in total. The summed E-state index contributed by atoms with van der Waals surface area (Å²) in [7, 11) is 0. The van der Waals surface area contributed by atoms with Crippen LogP contribution in [0.2, 0.25) is 0 Å². The summed E-state index contributed by atoms with van der Waals surface area (Å²) in [5, 5.41) is 2.81. The number of carbonyl (C=O) groups excluding carboxylic acids is 1. The van der Waals surface area contributed by atoms with Crippen LogP contribution in [-0.2, 0) is 4.79 Å². The van der Waals surface area contributed by atoms with Crippen LogP contribution in [0.4, 0.5) is 0 Å². The predicted molar refractivity (Wildman–Crippen MR) is 65.8 cm³/mol. The molecule has 0 heterocycles. The molecule has 0 fully saturated rings. The van der Waals surface area contributed by atoms with E-state index in [4.69, 9.17) is 0 Å². The fraction of sp³-hybridized carbons (Fsp3) is 0.769. The molecule has 0 atom stereocenters. The Morgan fingerprint density at radius 3 is 2.33 bits per heavy atom. The zero-order chi connectivity index (χ0) is 11.4. The Bertz CT molecular complexity index is 166. The van der Waals surface area contributed by atoms with Crippen LogP contribution in [0.25, 0.3) is 0 Å². The average Bonchev–Trinajstić information content (AvgIpc) is 2.22. The zero-order valence-electron chi connectivity index (χ0n) is 10.1. The van der Waals surface area contributed by atoms with Crippen molar-refractivity contribution in [1.29, 1.82) is 0 Å². The summed E-state index contributed by atoms with van der Waals surface area (Å²) in [6.45, 7) is 6.41. The van der Waals surface area contributed by atoms with Gasteiger partial charge in [0.15, 0.2) is 0 Å². The third-order valence-corrected chi connectivity index (χ3v) is 2.44. The molecule has 0 bridgehead atoms. The lowest BCUT2D eigenvalue weighted by Crippen LogP contribution is -2.21. The molecule has 1 amide bonds. The summed E-state index contributed by atoms with van der Waals surface area (Å²) >= 11 is 0. The van der Waals surface area contributed by atoms with Crippen LogP contribution in [0.15, 0.2) is 12.7 Å². The minimum atomic E-state index is 0.198. The van der Waals surface area contributed by atoms with Gasteiger partial charge in [-0.15, -0.1) is 6.58 Å². The van der Waals surface area contributed by atoms with Crippen molar-refractivity contribution in [2.75, 3.05) is 6.54 Å². The molecule has 0 aliphatic rings. The number of hydrogen-bond donors (Lipinski definition) is 1.